The molecule has 0 aliphatic heterocycles. The lowest BCUT2D eigenvalue weighted by Crippen LogP contribution is -2.18. The Morgan fingerprint density at radius 2 is 2.28 bits per heavy atom. The molecule has 0 saturated heterocycles. The molecule has 0 amide bonds. The number of carbonyl (C=O) groups is 1. The van der Waals surface area contributed by atoms with Gasteiger partial charge in [0.1, 0.15) is 5.75 Å². The third-order valence-electron chi connectivity index (χ3n) is 2.83. The molecule has 0 aliphatic rings. The van der Waals surface area contributed by atoms with Crippen molar-refractivity contribution in [3.8, 4) is 5.75 Å². The summed E-state index contributed by atoms with van der Waals surface area (Å²) in [7, 11) is 1.59. The van der Waals surface area contributed by atoms with Crippen LogP contribution in [0.3, 0.4) is 0 Å². The zero-order valence-electron chi connectivity index (χ0n) is 10.4. The Hall–Kier alpha value is -1.07. The maximum Gasteiger partial charge on any atom is 0.306 e. The molecule has 1 rings (SSSR count). The van der Waals surface area contributed by atoms with Gasteiger partial charge in [0.05, 0.1) is 13.0 Å². The van der Waals surface area contributed by atoms with Crippen molar-refractivity contribution in [1.82, 2.24) is 0 Å². The zero-order chi connectivity index (χ0) is 13.5. The summed E-state index contributed by atoms with van der Waals surface area (Å²) in [6.07, 6.45) is 1.79. The van der Waals surface area contributed by atoms with E-state index in [9.17, 15) is 9.90 Å². The van der Waals surface area contributed by atoms with Crippen molar-refractivity contribution >= 4 is 21.9 Å². The third kappa shape index (κ3) is 4.31. The van der Waals surface area contributed by atoms with Crippen LogP contribution in [-0.4, -0.2) is 24.7 Å². The molecule has 0 aromatic heterocycles. The lowest BCUT2D eigenvalue weighted by atomic mass is 9.95. The number of nitrogens with two attached hydrogens (primary N) is 1. The molecule has 1 atom stereocenters. The van der Waals surface area contributed by atoms with Crippen LogP contribution in [-0.2, 0) is 11.2 Å². The minimum atomic E-state index is -0.779. The van der Waals surface area contributed by atoms with Crippen LogP contribution in [0.15, 0.2) is 22.7 Å². The number of ether oxygens (including phenoxy) is 1. The van der Waals surface area contributed by atoms with Gasteiger partial charge >= 0.3 is 5.97 Å². The maximum atomic E-state index is 11.2. The van der Waals surface area contributed by atoms with Crippen molar-refractivity contribution in [2.24, 2.45) is 11.7 Å². The topological polar surface area (TPSA) is 72.5 Å². The van der Waals surface area contributed by atoms with Crippen LogP contribution < -0.4 is 10.5 Å². The Kier molecular flexibility index (Phi) is 6.15. The Balaban J connectivity index is 2.82. The number of carboxylic acid groups (broad SMARTS) is 1. The molecule has 18 heavy (non-hydrogen) atoms. The summed E-state index contributed by atoms with van der Waals surface area (Å²) in [5, 5.41) is 9.19. The zero-order valence-corrected chi connectivity index (χ0v) is 11.9. The van der Waals surface area contributed by atoms with Gasteiger partial charge in [-0.3, -0.25) is 4.79 Å². The molecular formula is C13H18BrNO3. The van der Waals surface area contributed by atoms with Gasteiger partial charge in [0, 0.05) is 4.47 Å². The summed E-state index contributed by atoms with van der Waals surface area (Å²) in [5.41, 5.74) is 6.37. The molecule has 1 aromatic carbocycles. The van der Waals surface area contributed by atoms with Gasteiger partial charge in [0.2, 0.25) is 0 Å². The Morgan fingerprint density at radius 3 is 2.83 bits per heavy atom. The van der Waals surface area contributed by atoms with Gasteiger partial charge in [-0.2, -0.15) is 0 Å². The number of hydrogen-bond donors (Lipinski definition) is 2. The molecular weight excluding hydrogens is 298 g/mol. The third-order valence-corrected chi connectivity index (χ3v) is 3.60. The standard InChI is InChI=1S/C13H18BrNO3/c1-18-11-4-5-12(14)10(8-11)7-9(13(16)17)3-2-6-15/h4-5,8-9H,2-3,6-7,15H2,1H3,(H,16,17). The fraction of sp³-hybridized carbons (Fsp3) is 0.462. The molecule has 3 N–H and O–H groups in total. The van der Waals surface area contributed by atoms with Crippen LogP contribution >= 0.6 is 15.9 Å². The molecule has 1 unspecified atom stereocenters. The second kappa shape index (κ2) is 7.38. The van der Waals surface area contributed by atoms with Gasteiger partial charge in [0.25, 0.3) is 0 Å². The minimum absolute atomic E-state index is 0.406. The fourth-order valence-electron chi connectivity index (χ4n) is 1.78. The first kappa shape index (κ1) is 15.0. The van der Waals surface area contributed by atoms with Gasteiger partial charge in [-0.15, -0.1) is 0 Å². The molecule has 0 saturated carbocycles. The second-order valence-corrected chi connectivity index (χ2v) is 4.98. The molecule has 0 bridgehead atoms. The molecule has 0 fully saturated rings. The number of benzene rings is 1. The van der Waals surface area contributed by atoms with E-state index in [0.29, 0.717) is 19.4 Å². The number of hydrogen-bond acceptors (Lipinski definition) is 3. The highest BCUT2D eigenvalue weighted by Gasteiger charge is 2.18. The fourth-order valence-corrected chi connectivity index (χ4v) is 2.19. The van der Waals surface area contributed by atoms with E-state index < -0.39 is 11.9 Å². The normalized spacial score (nSPS) is 12.2. The molecule has 5 heteroatoms. The lowest BCUT2D eigenvalue weighted by Gasteiger charge is -2.14. The highest BCUT2D eigenvalue weighted by molar-refractivity contribution is 9.10. The highest BCUT2D eigenvalue weighted by atomic mass is 79.9. The number of carboxylic acids is 1. The van der Waals surface area contributed by atoms with Crippen molar-refractivity contribution in [3.05, 3.63) is 28.2 Å². The maximum absolute atomic E-state index is 11.2. The SMILES string of the molecule is COc1ccc(Br)c(CC(CCCN)C(=O)O)c1. The average Bonchev–Trinajstić information content (AvgIpc) is 2.36. The van der Waals surface area contributed by atoms with Crippen LogP contribution in [0.4, 0.5) is 0 Å². The van der Waals surface area contributed by atoms with E-state index >= 15 is 0 Å². The summed E-state index contributed by atoms with van der Waals surface area (Å²) < 4.78 is 6.05. The first-order chi connectivity index (χ1) is 8.58. The van der Waals surface area contributed by atoms with Crippen LogP contribution in [0, 0.1) is 5.92 Å². The summed E-state index contributed by atoms with van der Waals surface area (Å²) in [4.78, 5) is 11.2. The van der Waals surface area contributed by atoms with E-state index in [2.05, 4.69) is 15.9 Å². The highest BCUT2D eigenvalue weighted by Crippen LogP contribution is 2.26. The predicted molar refractivity (Wildman–Crippen MR) is 73.8 cm³/mol. The summed E-state index contributed by atoms with van der Waals surface area (Å²) in [6, 6.07) is 5.57. The summed E-state index contributed by atoms with van der Waals surface area (Å²) in [6.45, 7) is 0.517. The number of rotatable bonds is 7. The van der Waals surface area contributed by atoms with Crippen molar-refractivity contribution in [3.63, 3.8) is 0 Å². The lowest BCUT2D eigenvalue weighted by molar-refractivity contribution is -0.141. The Labute approximate surface area is 115 Å². The summed E-state index contributed by atoms with van der Waals surface area (Å²) >= 11 is 3.43. The van der Waals surface area contributed by atoms with E-state index in [0.717, 1.165) is 22.2 Å². The number of halogens is 1. The van der Waals surface area contributed by atoms with Crippen molar-refractivity contribution in [2.75, 3.05) is 13.7 Å². The van der Waals surface area contributed by atoms with Gasteiger partial charge in [-0.25, -0.2) is 0 Å². The van der Waals surface area contributed by atoms with E-state index in [-0.39, 0.29) is 0 Å². The van der Waals surface area contributed by atoms with Crippen LogP contribution in [0.5, 0.6) is 5.75 Å². The van der Waals surface area contributed by atoms with Gasteiger partial charge < -0.3 is 15.6 Å². The Morgan fingerprint density at radius 1 is 1.56 bits per heavy atom. The summed E-state index contributed by atoms with van der Waals surface area (Å²) in [5.74, 6) is -0.453. The van der Waals surface area contributed by atoms with Crippen molar-refractivity contribution < 1.29 is 14.6 Å². The molecule has 0 heterocycles. The second-order valence-electron chi connectivity index (χ2n) is 4.13. The smallest absolute Gasteiger partial charge is 0.306 e. The van der Waals surface area contributed by atoms with Crippen LogP contribution in [0.1, 0.15) is 18.4 Å². The predicted octanol–water partition coefficient (Wildman–Crippen LogP) is 2.44. The van der Waals surface area contributed by atoms with Gasteiger partial charge in [-0.1, -0.05) is 15.9 Å². The van der Waals surface area contributed by atoms with Crippen molar-refractivity contribution in [1.29, 1.82) is 0 Å². The number of aliphatic carboxylic acids is 1. The first-order valence-electron chi connectivity index (χ1n) is 5.83. The molecule has 4 nitrogen and oxygen atoms in total. The molecule has 0 radical (unpaired) electrons. The Bertz CT molecular complexity index is 409. The van der Waals surface area contributed by atoms with Crippen molar-refractivity contribution in [2.45, 2.75) is 19.3 Å². The molecule has 100 valence electrons. The molecule has 0 spiro atoms. The minimum Gasteiger partial charge on any atom is -0.497 e. The number of methoxy groups -OCH3 is 1. The van der Waals surface area contributed by atoms with Crippen LogP contribution in [0.2, 0.25) is 0 Å². The average molecular weight is 316 g/mol. The largest absolute Gasteiger partial charge is 0.497 e. The monoisotopic (exact) mass is 315 g/mol. The molecule has 0 aliphatic carbocycles. The van der Waals surface area contributed by atoms with Gasteiger partial charge in [0.15, 0.2) is 0 Å². The first-order valence-corrected chi connectivity index (χ1v) is 6.63. The van der Waals surface area contributed by atoms with E-state index in [4.69, 9.17) is 10.5 Å². The van der Waals surface area contributed by atoms with E-state index in [1.807, 2.05) is 18.2 Å². The molecule has 1 aromatic rings. The quantitative estimate of drug-likeness (QED) is 0.810. The van der Waals surface area contributed by atoms with E-state index in [1.54, 1.807) is 7.11 Å². The van der Waals surface area contributed by atoms with Gasteiger partial charge in [-0.05, 0) is 49.6 Å². The van der Waals surface area contributed by atoms with Crippen LogP contribution in [0.25, 0.3) is 0 Å². The van der Waals surface area contributed by atoms with E-state index in [1.165, 1.54) is 0 Å².